The number of carbonyl (C=O) groups is 1. The lowest BCUT2D eigenvalue weighted by atomic mass is 9.72. The van der Waals surface area contributed by atoms with Gasteiger partial charge in [0.15, 0.2) is 0 Å². The molecular formula is C16H24N4O2. The Morgan fingerprint density at radius 2 is 2.23 bits per heavy atom. The lowest BCUT2D eigenvalue weighted by molar-refractivity contribution is -0.0577. The maximum atomic E-state index is 12.8. The first-order valence-electron chi connectivity index (χ1n) is 8.09. The number of hydrogen-bond acceptors (Lipinski definition) is 5. The largest absolute Gasteiger partial charge is 0.390 e. The number of amides is 1. The number of aliphatic hydroxyl groups is 1. The first kappa shape index (κ1) is 15.2. The minimum Gasteiger partial charge on any atom is -0.390 e. The van der Waals surface area contributed by atoms with E-state index in [0.29, 0.717) is 12.1 Å². The van der Waals surface area contributed by atoms with Crippen LogP contribution in [0.1, 0.15) is 55.8 Å². The van der Waals surface area contributed by atoms with Crippen molar-refractivity contribution in [1.29, 1.82) is 0 Å². The highest BCUT2D eigenvalue weighted by molar-refractivity contribution is 5.98. The third kappa shape index (κ3) is 2.67. The highest BCUT2D eigenvalue weighted by Crippen LogP contribution is 2.41. The molecule has 0 radical (unpaired) electrons. The zero-order chi connectivity index (χ0) is 15.7. The highest BCUT2D eigenvalue weighted by Gasteiger charge is 2.45. The molecule has 22 heavy (non-hydrogen) atoms. The van der Waals surface area contributed by atoms with Crippen LogP contribution in [-0.4, -0.2) is 44.1 Å². The summed E-state index contributed by atoms with van der Waals surface area (Å²) < 4.78 is 0. The number of rotatable bonds is 2. The maximum Gasteiger partial charge on any atom is 0.259 e. The lowest BCUT2D eigenvalue weighted by Crippen LogP contribution is -2.50. The van der Waals surface area contributed by atoms with Gasteiger partial charge in [-0.25, -0.2) is 9.97 Å². The van der Waals surface area contributed by atoms with Crippen molar-refractivity contribution < 1.29 is 9.90 Å². The smallest absolute Gasteiger partial charge is 0.259 e. The lowest BCUT2D eigenvalue weighted by Gasteiger charge is -2.43. The van der Waals surface area contributed by atoms with Gasteiger partial charge in [-0.3, -0.25) is 4.79 Å². The Bertz CT molecular complexity index is 561. The first-order valence-corrected chi connectivity index (χ1v) is 8.09. The number of carbonyl (C=O) groups excluding carboxylic acids is 1. The van der Waals surface area contributed by atoms with Crippen LogP contribution in [0.3, 0.4) is 0 Å². The maximum absolute atomic E-state index is 12.8. The van der Waals surface area contributed by atoms with Gasteiger partial charge in [-0.1, -0.05) is 12.8 Å². The summed E-state index contributed by atoms with van der Waals surface area (Å²) in [5.74, 6) is 0.251. The van der Waals surface area contributed by atoms with Gasteiger partial charge in [0.2, 0.25) is 0 Å². The van der Waals surface area contributed by atoms with E-state index in [-0.39, 0.29) is 23.7 Å². The SMILES string of the molecule is CC1(O)CCCCC1C1CCCN1C(=O)c1cncnc1N. The van der Waals surface area contributed by atoms with Crippen molar-refractivity contribution in [3.63, 3.8) is 0 Å². The van der Waals surface area contributed by atoms with Crippen molar-refractivity contribution in [3.05, 3.63) is 18.1 Å². The van der Waals surface area contributed by atoms with Gasteiger partial charge in [0.25, 0.3) is 5.91 Å². The van der Waals surface area contributed by atoms with Crippen LogP contribution in [0.2, 0.25) is 0 Å². The predicted octanol–water partition coefficient (Wildman–Crippen LogP) is 1.60. The van der Waals surface area contributed by atoms with Crippen LogP contribution < -0.4 is 5.73 Å². The molecule has 6 heteroatoms. The van der Waals surface area contributed by atoms with Gasteiger partial charge in [-0.05, 0) is 32.6 Å². The molecule has 3 unspecified atom stereocenters. The van der Waals surface area contributed by atoms with Crippen LogP contribution in [0.15, 0.2) is 12.5 Å². The molecule has 0 bridgehead atoms. The molecule has 1 saturated heterocycles. The second-order valence-corrected chi connectivity index (χ2v) is 6.74. The number of nitrogens with two attached hydrogens (primary N) is 1. The van der Waals surface area contributed by atoms with E-state index >= 15 is 0 Å². The van der Waals surface area contributed by atoms with Gasteiger partial charge in [-0.15, -0.1) is 0 Å². The van der Waals surface area contributed by atoms with Crippen molar-refractivity contribution in [3.8, 4) is 0 Å². The molecule has 2 aliphatic rings. The molecular weight excluding hydrogens is 280 g/mol. The number of anilines is 1. The minimum atomic E-state index is -0.690. The number of aromatic nitrogens is 2. The normalized spacial score (nSPS) is 32.2. The molecule has 3 N–H and O–H groups in total. The van der Waals surface area contributed by atoms with Crippen LogP contribution in [0.4, 0.5) is 5.82 Å². The molecule has 1 aromatic rings. The van der Waals surface area contributed by atoms with E-state index in [4.69, 9.17) is 5.73 Å². The summed E-state index contributed by atoms with van der Waals surface area (Å²) in [7, 11) is 0. The van der Waals surface area contributed by atoms with E-state index in [2.05, 4.69) is 9.97 Å². The van der Waals surface area contributed by atoms with Gasteiger partial charge >= 0.3 is 0 Å². The van der Waals surface area contributed by atoms with Gasteiger partial charge in [0.05, 0.1) is 5.60 Å². The van der Waals surface area contributed by atoms with Gasteiger partial charge in [0.1, 0.15) is 17.7 Å². The third-order valence-corrected chi connectivity index (χ3v) is 5.24. The molecule has 2 heterocycles. The number of hydrogen-bond donors (Lipinski definition) is 2. The summed E-state index contributed by atoms with van der Waals surface area (Å²) >= 11 is 0. The Morgan fingerprint density at radius 3 is 2.95 bits per heavy atom. The number of likely N-dealkylation sites (tertiary alicyclic amines) is 1. The molecule has 2 fully saturated rings. The molecule has 1 aromatic heterocycles. The summed E-state index contributed by atoms with van der Waals surface area (Å²) in [5.41, 5.74) is 5.49. The summed E-state index contributed by atoms with van der Waals surface area (Å²) in [6.07, 6.45) is 8.71. The Kier molecular flexibility index (Phi) is 4.04. The van der Waals surface area contributed by atoms with E-state index in [0.717, 1.165) is 38.5 Å². The predicted molar refractivity (Wildman–Crippen MR) is 83.1 cm³/mol. The molecule has 0 aromatic carbocycles. The van der Waals surface area contributed by atoms with E-state index in [1.54, 1.807) is 0 Å². The second-order valence-electron chi connectivity index (χ2n) is 6.74. The van der Waals surface area contributed by atoms with Crippen LogP contribution in [0.25, 0.3) is 0 Å². The average Bonchev–Trinajstić information content (AvgIpc) is 2.95. The summed E-state index contributed by atoms with van der Waals surface area (Å²) in [6, 6.07) is 0.0856. The zero-order valence-electron chi connectivity index (χ0n) is 13.0. The molecule has 0 spiro atoms. The van der Waals surface area contributed by atoms with Crippen molar-refractivity contribution in [2.75, 3.05) is 12.3 Å². The summed E-state index contributed by atoms with van der Waals surface area (Å²) in [4.78, 5) is 22.5. The molecule has 3 rings (SSSR count). The van der Waals surface area contributed by atoms with E-state index in [1.165, 1.54) is 12.5 Å². The van der Waals surface area contributed by atoms with Crippen molar-refractivity contribution in [2.24, 2.45) is 5.92 Å². The standard InChI is InChI=1S/C16H24N4O2/c1-16(22)7-3-2-5-12(16)13-6-4-8-20(13)15(21)11-9-18-10-19-14(11)17/h9-10,12-13,22H,2-8H2,1H3,(H2,17,18,19). The Hall–Kier alpha value is -1.69. The van der Waals surface area contributed by atoms with Crippen LogP contribution in [-0.2, 0) is 0 Å². The van der Waals surface area contributed by atoms with Crippen LogP contribution in [0, 0.1) is 5.92 Å². The van der Waals surface area contributed by atoms with Crippen LogP contribution in [0.5, 0.6) is 0 Å². The fraction of sp³-hybridized carbons (Fsp3) is 0.688. The molecule has 1 saturated carbocycles. The fourth-order valence-corrected chi connectivity index (χ4v) is 4.07. The quantitative estimate of drug-likeness (QED) is 0.866. The monoisotopic (exact) mass is 304 g/mol. The summed E-state index contributed by atoms with van der Waals surface area (Å²) in [5, 5.41) is 10.7. The highest BCUT2D eigenvalue weighted by atomic mass is 16.3. The number of nitrogens with zero attached hydrogens (tertiary/aromatic N) is 3. The fourth-order valence-electron chi connectivity index (χ4n) is 4.07. The van der Waals surface area contributed by atoms with E-state index < -0.39 is 5.60 Å². The van der Waals surface area contributed by atoms with E-state index in [1.807, 2.05) is 11.8 Å². The molecule has 1 amide bonds. The molecule has 1 aliphatic heterocycles. The minimum absolute atomic E-state index is 0.0856. The zero-order valence-corrected chi connectivity index (χ0v) is 13.0. The molecule has 3 atom stereocenters. The van der Waals surface area contributed by atoms with Gasteiger partial charge in [0, 0.05) is 24.7 Å². The Balaban J connectivity index is 1.84. The topological polar surface area (TPSA) is 92.3 Å². The van der Waals surface area contributed by atoms with E-state index in [9.17, 15) is 9.90 Å². The molecule has 120 valence electrons. The van der Waals surface area contributed by atoms with Crippen LogP contribution >= 0.6 is 0 Å². The van der Waals surface area contributed by atoms with Crippen molar-refractivity contribution in [1.82, 2.24) is 14.9 Å². The van der Waals surface area contributed by atoms with Gasteiger partial charge in [-0.2, -0.15) is 0 Å². The van der Waals surface area contributed by atoms with Crippen molar-refractivity contribution in [2.45, 2.75) is 57.1 Å². The number of nitrogen functional groups attached to an aromatic ring is 1. The summed E-state index contributed by atoms with van der Waals surface area (Å²) in [6.45, 7) is 2.63. The molecule has 1 aliphatic carbocycles. The second kappa shape index (κ2) is 5.83. The van der Waals surface area contributed by atoms with Gasteiger partial charge < -0.3 is 15.7 Å². The Morgan fingerprint density at radius 1 is 1.41 bits per heavy atom. The van der Waals surface area contributed by atoms with Crippen molar-refractivity contribution >= 4 is 11.7 Å². The average molecular weight is 304 g/mol. The first-order chi connectivity index (χ1) is 10.5. The molecule has 6 nitrogen and oxygen atoms in total. The third-order valence-electron chi connectivity index (χ3n) is 5.24. The Labute approximate surface area is 130 Å².